The lowest BCUT2D eigenvalue weighted by atomic mass is 9.95. The fourth-order valence-corrected chi connectivity index (χ4v) is 10.6. The van der Waals surface area contributed by atoms with Gasteiger partial charge in [-0.15, -0.1) is 0 Å². The molecule has 21 aliphatic heterocycles. The van der Waals surface area contributed by atoms with Crippen LogP contribution in [0.2, 0.25) is 0 Å². The van der Waals surface area contributed by atoms with Crippen LogP contribution in [0, 0.1) is 0 Å². The van der Waals surface area contributed by atoms with E-state index in [1.54, 1.807) is 0 Å². The highest BCUT2D eigenvalue weighted by Crippen LogP contribution is 2.39. The molecule has 0 saturated carbocycles. The van der Waals surface area contributed by atoms with Crippen molar-refractivity contribution in [2.24, 2.45) is 0 Å². The van der Waals surface area contributed by atoms with Crippen molar-refractivity contribution in [3.05, 3.63) is 0 Å². The Bertz CT molecular complexity index is 1900. The molecule has 0 aromatic rings. The highest BCUT2D eigenvalue weighted by molar-refractivity contribution is 5.50. The van der Waals surface area contributed by atoms with E-state index < -0.39 is 268 Å². The predicted octanol–water partition coefficient (Wildman–Crippen LogP) is -15.0. The summed E-state index contributed by atoms with van der Waals surface area (Å²) in [6.07, 6.45) is -70.2. The summed E-state index contributed by atoms with van der Waals surface area (Å²) in [5, 5.41) is 221. The Morgan fingerprint density at radius 2 is 0.412 bits per heavy atom. The van der Waals surface area contributed by atoms with Crippen LogP contribution in [0.15, 0.2) is 0 Å². The van der Waals surface area contributed by atoms with E-state index in [1.165, 1.54) is 0 Å². The van der Waals surface area contributed by atoms with Crippen LogP contribution >= 0.6 is 0 Å². The average molecular weight is 1180 g/mol. The van der Waals surface area contributed by atoms with Gasteiger partial charge in [-0.3, -0.25) is 0 Å². The van der Waals surface area contributed by atoms with Gasteiger partial charge < -0.3 is 178 Å². The van der Waals surface area contributed by atoms with Crippen LogP contribution in [0.3, 0.4) is 0 Å². The van der Waals surface area contributed by atoms with E-state index in [0.717, 1.165) is 0 Å². The average Bonchev–Trinajstić information content (AvgIpc) is 3.45. The van der Waals surface area contributed by atoms with Crippen LogP contribution in [0.4, 0.5) is 0 Å². The molecule has 21 saturated heterocycles. The molecule has 0 aliphatic carbocycles. The number of ether oxygens (including phenoxy) is 15. The topological polar surface area (TPSA) is 560 Å². The van der Waals surface area contributed by atoms with Gasteiger partial charge in [0.1, 0.15) is 184 Å². The maximum Gasteiger partial charge on any atom is 0.187 e. The Labute approximate surface area is 451 Å². The quantitative estimate of drug-likeness (QED) is 0.0713. The Balaban J connectivity index is 1.09. The summed E-state index contributed by atoms with van der Waals surface area (Å²) in [5.41, 5.74) is 0. The number of rotatable bonds is 10. The summed E-state index contributed by atoms with van der Waals surface area (Å²) in [7, 11) is 0. The van der Waals surface area contributed by atoms with Gasteiger partial charge in [-0.05, 0) is 0 Å². The third-order valence-electron chi connectivity index (χ3n) is 15.1. The predicted molar refractivity (Wildman–Crippen MR) is 238 cm³/mol. The van der Waals surface area contributed by atoms with E-state index in [4.69, 9.17) is 71.1 Å². The van der Waals surface area contributed by atoms with Gasteiger partial charge in [0.2, 0.25) is 0 Å². The number of aliphatic hydroxyl groups is 20. The molecule has 0 amide bonds. The first-order chi connectivity index (χ1) is 38.2. The van der Waals surface area contributed by atoms with Gasteiger partial charge >= 0.3 is 0 Å². The van der Waals surface area contributed by atoms with Crippen molar-refractivity contribution < 1.29 is 178 Å². The van der Waals surface area contributed by atoms with E-state index in [2.05, 4.69) is 0 Å². The Morgan fingerprint density at radius 3 is 0.575 bits per heavy atom. The van der Waals surface area contributed by atoms with Crippen LogP contribution < -0.4 is 0 Å². The first-order valence-corrected chi connectivity index (χ1v) is 25.5. The molecule has 21 rings (SSSR count). The van der Waals surface area contributed by atoms with Crippen LogP contribution in [0.5, 0.6) is 0 Å². The first-order valence-electron chi connectivity index (χ1n) is 25.5. The molecule has 80 heavy (non-hydrogen) atoms. The second-order valence-corrected chi connectivity index (χ2v) is 20.2. The van der Waals surface area contributed by atoms with Crippen molar-refractivity contribution in [1.29, 1.82) is 0 Å². The minimum Gasteiger partial charge on any atom is -0.394 e. The molecular weight excluding hydrogens is 1100 g/mol. The summed E-state index contributed by atoms with van der Waals surface area (Å²) >= 11 is 0. The van der Waals surface area contributed by atoms with Crippen LogP contribution in [0.25, 0.3) is 0 Å². The first kappa shape index (κ1) is 64.3. The minimum absolute atomic E-state index is 0.328. The molecule has 36 heteroatoms. The molecule has 0 aromatic heterocycles. The fraction of sp³-hybridized carbons (Fsp3) is 0.977. The molecule has 35 unspecified atom stereocenters. The molecule has 0 aromatic carbocycles. The number of carbonyl (C=O) groups excluding carboxylic acids is 1. The molecule has 36 nitrogen and oxygen atoms in total. The zero-order chi connectivity index (χ0) is 58.2. The number of hydrogen-bond donors (Lipinski definition) is 20. The van der Waals surface area contributed by atoms with Crippen LogP contribution in [-0.2, 0) is 75.8 Å². The lowest BCUT2D eigenvalue weighted by molar-refractivity contribution is -0.396. The molecule has 0 radical (unpaired) electrons. The number of carbonyl (C=O) groups is 1. The second kappa shape index (κ2) is 27.8. The summed E-state index contributed by atoms with van der Waals surface area (Å²) < 4.78 is 85.4. The van der Waals surface area contributed by atoms with Crippen molar-refractivity contribution in [1.82, 2.24) is 0 Å². The Morgan fingerprint density at radius 1 is 0.250 bits per heavy atom. The van der Waals surface area contributed by atoms with Crippen molar-refractivity contribution in [2.45, 2.75) is 215 Å². The van der Waals surface area contributed by atoms with Gasteiger partial charge in [0.05, 0.1) is 46.2 Å². The summed E-state index contributed by atoms with van der Waals surface area (Å²) in [5.74, 6) is 0. The van der Waals surface area contributed by atoms with Crippen molar-refractivity contribution >= 4 is 6.29 Å². The molecular formula is C44H72O36. The molecule has 21 aliphatic rings. The number of aliphatic hydroxyl groups excluding tert-OH is 20. The van der Waals surface area contributed by atoms with E-state index in [9.17, 15) is 107 Å². The third-order valence-corrected chi connectivity index (χ3v) is 15.1. The molecule has 21 fully saturated rings. The van der Waals surface area contributed by atoms with E-state index in [1.807, 2.05) is 0 Å². The zero-order valence-corrected chi connectivity index (χ0v) is 41.9. The normalized spacial score (nSPS) is 53.7. The molecule has 464 valence electrons. The molecule has 0 spiro atoms. The van der Waals surface area contributed by atoms with Crippen molar-refractivity contribution in [2.75, 3.05) is 52.9 Å². The Kier molecular flexibility index (Phi) is 22.3. The van der Waals surface area contributed by atoms with E-state index >= 15 is 0 Å². The van der Waals surface area contributed by atoms with Gasteiger partial charge in [-0.1, -0.05) is 0 Å². The largest absolute Gasteiger partial charge is 0.394 e. The highest BCUT2D eigenvalue weighted by atomic mass is 16.8. The zero-order valence-electron chi connectivity index (χ0n) is 41.9. The molecule has 14 bridgehead atoms. The van der Waals surface area contributed by atoms with Crippen LogP contribution in [-0.4, -0.2) is 376 Å². The summed E-state index contributed by atoms with van der Waals surface area (Å²) in [6.45, 7) is -7.59. The third kappa shape index (κ3) is 12.9. The van der Waals surface area contributed by atoms with Gasteiger partial charge in [-0.25, -0.2) is 0 Å². The fourth-order valence-electron chi connectivity index (χ4n) is 10.6. The van der Waals surface area contributed by atoms with Gasteiger partial charge in [0.15, 0.2) is 44.0 Å². The Hall–Kier alpha value is -1.73. The van der Waals surface area contributed by atoms with Gasteiger partial charge in [0, 0.05) is 0 Å². The maximum atomic E-state index is 11.5. The molecule has 35 atom stereocenters. The highest BCUT2D eigenvalue weighted by Gasteiger charge is 2.59. The van der Waals surface area contributed by atoms with Crippen molar-refractivity contribution in [3.63, 3.8) is 0 Å². The molecule has 21 heterocycles. The van der Waals surface area contributed by atoms with Crippen LogP contribution in [0.1, 0.15) is 0 Å². The van der Waals surface area contributed by atoms with E-state index in [0.29, 0.717) is 6.29 Å². The smallest absolute Gasteiger partial charge is 0.187 e. The van der Waals surface area contributed by atoms with Crippen molar-refractivity contribution in [3.8, 4) is 0 Å². The maximum absolute atomic E-state index is 11.5. The summed E-state index contributed by atoms with van der Waals surface area (Å²) in [6, 6.07) is 0. The monoisotopic (exact) mass is 1180 g/mol. The minimum atomic E-state index is -2.22. The number of aldehydes is 1. The van der Waals surface area contributed by atoms with E-state index in [-0.39, 0.29) is 0 Å². The standard InChI is InChI=1S/C44H72O36/c45-1-2-66-9-16-37-23(58)30(65)44(73-16)79-36-15(8-51)71-42(28(63)21(36)56)77-34-13(6-49)69-40(26(61)19(34)54)75-32-11(4-47)67-38(24(59)17(32)52)74-31-10(3-46)68-39(25(60)18(31)53)76-33-12(5-48)70-41(27(62)20(33)55)78-35-14(7-50)72-43(80-37)29(64)22(35)57/h1,10-44,46-65H,2-9H2. The lowest BCUT2D eigenvalue weighted by Gasteiger charge is -2.50. The molecule has 20 N–H and O–H groups in total. The van der Waals surface area contributed by atoms with Gasteiger partial charge in [-0.2, -0.15) is 0 Å². The SMILES string of the molecule is O=CCOCC1OC2OC3C(CO)OC(OC4C(CO)OC(OC5C(CO)OC(OC6C(CO)OC(OC7C(CO)OC(OC8C(CO)OC(OC1C(O)C2O)C(O)C8O)C(O)C7O)C(O)C6O)C(O)C5O)C(O)C4O)C(O)C3O. The number of hydrogen-bond acceptors (Lipinski definition) is 36. The summed E-state index contributed by atoms with van der Waals surface area (Å²) in [4.78, 5) is 11.2. The lowest BCUT2D eigenvalue weighted by Crippen LogP contribution is -2.68. The van der Waals surface area contributed by atoms with Gasteiger partial charge in [0.25, 0.3) is 0 Å². The second-order valence-electron chi connectivity index (χ2n) is 20.2.